The molecular weight excluding hydrogens is 328 g/mol. The molecule has 2 rings (SSSR count). The van der Waals surface area contributed by atoms with E-state index >= 15 is 0 Å². The van der Waals surface area contributed by atoms with Crippen molar-refractivity contribution in [1.82, 2.24) is 15.1 Å². The molecule has 0 aromatic heterocycles. The van der Waals surface area contributed by atoms with Crippen LogP contribution in [-0.4, -0.2) is 62.3 Å². The molecule has 25 heavy (non-hydrogen) atoms. The van der Waals surface area contributed by atoms with Crippen LogP contribution in [-0.2, 0) is 6.54 Å². The number of nitrogens with one attached hydrogen (secondary N) is 1. The predicted octanol–water partition coefficient (Wildman–Crippen LogP) is 3.54. The first-order chi connectivity index (χ1) is 12.2. The number of hydrogen-bond acceptors (Lipinski definition) is 3. The molecule has 0 spiro atoms. The van der Waals surface area contributed by atoms with Crippen LogP contribution in [0.15, 0.2) is 34.2 Å². The van der Waals surface area contributed by atoms with E-state index in [4.69, 9.17) is 0 Å². The SMILES string of the molecule is CCCN1CCC(CNC(=NC)N(C)Cc2ccc(SC)cc2)CC1. The second kappa shape index (κ2) is 10.7. The third-order valence-electron chi connectivity index (χ3n) is 4.95. The van der Waals surface area contributed by atoms with Crippen LogP contribution in [0.1, 0.15) is 31.7 Å². The van der Waals surface area contributed by atoms with Crippen molar-refractivity contribution in [3.63, 3.8) is 0 Å². The fourth-order valence-corrected chi connectivity index (χ4v) is 3.84. The fraction of sp³-hybridized carbons (Fsp3) is 0.650. The van der Waals surface area contributed by atoms with Gasteiger partial charge in [-0.15, -0.1) is 11.8 Å². The van der Waals surface area contributed by atoms with Crippen molar-refractivity contribution in [2.24, 2.45) is 10.9 Å². The van der Waals surface area contributed by atoms with Gasteiger partial charge < -0.3 is 15.1 Å². The maximum Gasteiger partial charge on any atom is 0.193 e. The van der Waals surface area contributed by atoms with Gasteiger partial charge in [-0.05, 0) is 68.8 Å². The van der Waals surface area contributed by atoms with E-state index in [0.717, 1.165) is 25.0 Å². The molecule has 0 unspecified atom stereocenters. The van der Waals surface area contributed by atoms with Crippen molar-refractivity contribution in [1.29, 1.82) is 0 Å². The molecule has 0 aliphatic carbocycles. The van der Waals surface area contributed by atoms with E-state index < -0.39 is 0 Å². The monoisotopic (exact) mass is 362 g/mol. The molecule has 5 heteroatoms. The smallest absolute Gasteiger partial charge is 0.193 e. The van der Waals surface area contributed by atoms with Crippen molar-refractivity contribution in [2.45, 2.75) is 37.6 Å². The Morgan fingerprint density at radius 1 is 1.28 bits per heavy atom. The molecule has 0 atom stereocenters. The molecule has 1 aromatic carbocycles. The summed E-state index contributed by atoms with van der Waals surface area (Å²) in [6, 6.07) is 8.79. The Morgan fingerprint density at radius 2 is 1.96 bits per heavy atom. The van der Waals surface area contributed by atoms with Crippen LogP contribution < -0.4 is 5.32 Å². The Kier molecular flexibility index (Phi) is 8.62. The summed E-state index contributed by atoms with van der Waals surface area (Å²) < 4.78 is 0. The Morgan fingerprint density at radius 3 is 2.52 bits per heavy atom. The Labute approximate surface area is 158 Å². The van der Waals surface area contributed by atoms with Gasteiger partial charge in [-0.3, -0.25) is 4.99 Å². The molecule has 1 aromatic rings. The highest BCUT2D eigenvalue weighted by atomic mass is 32.2. The molecule has 1 fully saturated rings. The summed E-state index contributed by atoms with van der Waals surface area (Å²) in [5.74, 6) is 1.75. The van der Waals surface area contributed by atoms with Gasteiger partial charge in [0.25, 0.3) is 0 Å². The normalized spacial score (nSPS) is 16.9. The van der Waals surface area contributed by atoms with Gasteiger partial charge in [-0.2, -0.15) is 0 Å². The van der Waals surface area contributed by atoms with Crippen LogP contribution in [0.3, 0.4) is 0 Å². The summed E-state index contributed by atoms with van der Waals surface area (Å²) in [4.78, 5) is 10.6. The number of piperidine rings is 1. The van der Waals surface area contributed by atoms with Crippen molar-refractivity contribution >= 4 is 17.7 Å². The van der Waals surface area contributed by atoms with Crippen LogP contribution in [0, 0.1) is 5.92 Å². The predicted molar refractivity (Wildman–Crippen MR) is 111 cm³/mol. The van der Waals surface area contributed by atoms with Gasteiger partial charge in [0.15, 0.2) is 5.96 Å². The van der Waals surface area contributed by atoms with Gasteiger partial charge in [-0.1, -0.05) is 19.1 Å². The van der Waals surface area contributed by atoms with Crippen LogP contribution in [0.4, 0.5) is 0 Å². The molecule has 0 amide bonds. The average Bonchev–Trinajstić information content (AvgIpc) is 2.64. The lowest BCUT2D eigenvalue weighted by Crippen LogP contribution is -2.43. The number of guanidine groups is 1. The number of nitrogens with zero attached hydrogens (tertiary/aromatic N) is 3. The van der Waals surface area contributed by atoms with Gasteiger partial charge in [0.1, 0.15) is 0 Å². The standard InChI is InChI=1S/C20H34N4S/c1-5-12-24-13-10-17(11-14-24)15-22-20(21-2)23(3)16-18-6-8-19(25-4)9-7-18/h6-9,17H,5,10-16H2,1-4H3,(H,21,22). The third kappa shape index (κ3) is 6.55. The number of thioether (sulfide) groups is 1. The first-order valence-corrected chi connectivity index (χ1v) is 10.7. The maximum absolute atomic E-state index is 4.46. The minimum Gasteiger partial charge on any atom is -0.356 e. The van der Waals surface area contributed by atoms with Crippen molar-refractivity contribution in [3.8, 4) is 0 Å². The van der Waals surface area contributed by atoms with Crippen LogP contribution >= 0.6 is 11.8 Å². The summed E-state index contributed by atoms with van der Waals surface area (Å²) in [7, 11) is 3.99. The van der Waals surface area contributed by atoms with E-state index in [1.165, 1.54) is 49.4 Å². The number of hydrogen-bond donors (Lipinski definition) is 1. The Balaban J connectivity index is 1.77. The second-order valence-electron chi connectivity index (χ2n) is 6.92. The molecule has 0 saturated carbocycles. The Hall–Kier alpha value is -1.20. The number of aliphatic imine (C=N–C) groups is 1. The quantitative estimate of drug-likeness (QED) is 0.457. The van der Waals surface area contributed by atoms with Crippen LogP contribution in [0.5, 0.6) is 0 Å². The topological polar surface area (TPSA) is 30.9 Å². The Bertz CT molecular complexity index is 521. The van der Waals surface area contributed by atoms with Gasteiger partial charge >= 0.3 is 0 Å². The van der Waals surface area contributed by atoms with Gasteiger partial charge in [0.2, 0.25) is 0 Å². The lowest BCUT2D eigenvalue weighted by molar-refractivity contribution is 0.185. The second-order valence-corrected chi connectivity index (χ2v) is 7.80. The minimum atomic E-state index is 0.763. The molecule has 1 aliphatic rings. The molecule has 4 nitrogen and oxygen atoms in total. The summed E-state index contributed by atoms with van der Waals surface area (Å²) in [5.41, 5.74) is 1.32. The van der Waals surface area contributed by atoms with Gasteiger partial charge in [-0.25, -0.2) is 0 Å². The summed E-state index contributed by atoms with van der Waals surface area (Å²) in [6.07, 6.45) is 5.96. The first kappa shape index (κ1) is 20.1. The van der Waals surface area contributed by atoms with E-state index in [1.807, 2.05) is 7.05 Å². The number of rotatable bonds is 7. The van der Waals surface area contributed by atoms with E-state index in [2.05, 4.69) is 64.6 Å². The fourth-order valence-electron chi connectivity index (χ4n) is 3.43. The highest BCUT2D eigenvalue weighted by Gasteiger charge is 2.19. The largest absolute Gasteiger partial charge is 0.356 e. The lowest BCUT2D eigenvalue weighted by Gasteiger charge is -2.32. The molecule has 140 valence electrons. The number of likely N-dealkylation sites (tertiary alicyclic amines) is 1. The minimum absolute atomic E-state index is 0.763. The zero-order chi connectivity index (χ0) is 18.1. The molecule has 0 bridgehead atoms. The molecule has 1 saturated heterocycles. The van der Waals surface area contributed by atoms with Crippen LogP contribution in [0.25, 0.3) is 0 Å². The maximum atomic E-state index is 4.46. The van der Waals surface area contributed by atoms with E-state index in [-0.39, 0.29) is 0 Å². The molecule has 1 aliphatic heterocycles. The highest BCUT2D eigenvalue weighted by Crippen LogP contribution is 2.17. The average molecular weight is 363 g/mol. The molecule has 1 N–H and O–H groups in total. The first-order valence-electron chi connectivity index (χ1n) is 9.43. The molecular formula is C20H34N4S. The third-order valence-corrected chi connectivity index (χ3v) is 5.69. The zero-order valence-corrected chi connectivity index (χ0v) is 17.1. The van der Waals surface area contributed by atoms with Gasteiger partial charge in [0, 0.05) is 32.1 Å². The lowest BCUT2D eigenvalue weighted by atomic mass is 9.97. The van der Waals surface area contributed by atoms with Crippen molar-refractivity contribution < 1.29 is 0 Å². The molecule has 1 heterocycles. The summed E-state index contributed by atoms with van der Waals surface area (Å²) in [5, 5.41) is 3.58. The zero-order valence-electron chi connectivity index (χ0n) is 16.3. The van der Waals surface area contributed by atoms with Gasteiger partial charge in [0.05, 0.1) is 0 Å². The number of benzene rings is 1. The van der Waals surface area contributed by atoms with E-state index in [0.29, 0.717) is 0 Å². The summed E-state index contributed by atoms with van der Waals surface area (Å²) in [6.45, 7) is 7.92. The summed E-state index contributed by atoms with van der Waals surface area (Å²) >= 11 is 1.78. The molecule has 0 radical (unpaired) electrons. The highest BCUT2D eigenvalue weighted by molar-refractivity contribution is 7.98. The van der Waals surface area contributed by atoms with Crippen LogP contribution in [0.2, 0.25) is 0 Å². The van der Waals surface area contributed by atoms with E-state index in [9.17, 15) is 0 Å². The van der Waals surface area contributed by atoms with Crippen molar-refractivity contribution in [3.05, 3.63) is 29.8 Å². The van der Waals surface area contributed by atoms with E-state index in [1.54, 1.807) is 11.8 Å². The van der Waals surface area contributed by atoms with Crippen molar-refractivity contribution in [2.75, 3.05) is 46.5 Å².